The number of unbranched alkanes of at least 4 members (excludes halogenated alkanes) is 61. The number of ether oxygens (including phenoxy) is 1. The van der Waals surface area contributed by atoms with Crippen LogP contribution in [0.4, 0.5) is 0 Å². The molecule has 0 saturated carbocycles. The van der Waals surface area contributed by atoms with Crippen LogP contribution in [0, 0.1) is 0 Å². The summed E-state index contributed by atoms with van der Waals surface area (Å²) in [6.45, 7) is 4.92. The van der Waals surface area contributed by atoms with Crippen molar-refractivity contribution in [1.82, 2.24) is 5.32 Å². The van der Waals surface area contributed by atoms with E-state index in [0.29, 0.717) is 19.4 Å². The van der Waals surface area contributed by atoms with Crippen molar-refractivity contribution >= 4 is 11.9 Å². The van der Waals surface area contributed by atoms with Crippen LogP contribution >= 0.6 is 0 Å². The Kier molecular flexibility index (Phi) is 73.3. The van der Waals surface area contributed by atoms with E-state index in [1.54, 1.807) is 6.08 Å². The van der Waals surface area contributed by atoms with E-state index >= 15 is 0 Å². The van der Waals surface area contributed by atoms with E-state index in [0.717, 1.165) is 44.9 Å². The fourth-order valence-electron chi connectivity index (χ4n) is 12.5. The topological polar surface area (TPSA) is 95.9 Å². The Morgan fingerprint density at radius 2 is 0.565 bits per heavy atom. The first-order chi connectivity index (χ1) is 42.0. The number of esters is 1. The third-order valence-corrected chi connectivity index (χ3v) is 18.5. The molecule has 0 saturated heterocycles. The first-order valence-electron chi connectivity index (χ1n) is 39.1. The zero-order valence-electron chi connectivity index (χ0n) is 57.9. The molecule has 85 heavy (non-hydrogen) atoms. The number of aliphatic hydroxyl groups excluding tert-OH is 2. The van der Waals surface area contributed by atoms with Gasteiger partial charge in [-0.3, -0.25) is 9.59 Å². The average molecular weight is 1200 g/mol. The fourth-order valence-corrected chi connectivity index (χ4v) is 12.5. The zero-order valence-corrected chi connectivity index (χ0v) is 57.9. The van der Waals surface area contributed by atoms with E-state index in [9.17, 15) is 19.8 Å². The molecule has 0 aliphatic carbocycles. The number of amides is 1. The molecule has 2 unspecified atom stereocenters. The summed E-state index contributed by atoms with van der Waals surface area (Å²) in [5.74, 6) is -0.0457. The molecule has 0 aliphatic rings. The molecule has 0 aromatic heterocycles. The van der Waals surface area contributed by atoms with Crippen LogP contribution in [0.25, 0.3) is 0 Å². The van der Waals surface area contributed by atoms with Gasteiger partial charge in [0.1, 0.15) is 0 Å². The third kappa shape index (κ3) is 71.3. The second-order valence-electron chi connectivity index (χ2n) is 27.0. The number of nitrogens with one attached hydrogen (secondary N) is 1. The van der Waals surface area contributed by atoms with Crippen LogP contribution in [0.2, 0.25) is 0 Å². The molecule has 0 aromatic rings. The molecule has 0 bridgehead atoms. The standard InChI is InChI=1S/C79H153NO5/c1-3-5-7-9-11-13-15-16-17-18-19-20-36-39-42-45-48-52-55-59-63-67-71-77(82)76(75-81)80-78(83)72-68-64-60-56-53-49-46-43-40-37-34-32-30-28-26-24-22-21-23-25-27-29-31-33-35-38-41-44-47-50-54-58-62-66-70-74-85-79(84)73-69-65-61-57-51-14-12-10-8-6-4-2/h10,12,67,71,76-77,81-82H,3-9,11,13-66,68-70,72-75H2,1-2H3,(H,80,83)/b12-10-,71-67+. The molecule has 6 heteroatoms. The maximum absolute atomic E-state index is 12.5. The summed E-state index contributed by atoms with van der Waals surface area (Å²) in [7, 11) is 0. The van der Waals surface area contributed by atoms with E-state index in [1.165, 1.54) is 372 Å². The van der Waals surface area contributed by atoms with Crippen molar-refractivity contribution < 1.29 is 24.5 Å². The number of hydrogen-bond acceptors (Lipinski definition) is 5. The maximum atomic E-state index is 12.5. The third-order valence-electron chi connectivity index (χ3n) is 18.5. The van der Waals surface area contributed by atoms with Crippen LogP contribution in [0.15, 0.2) is 24.3 Å². The van der Waals surface area contributed by atoms with E-state index < -0.39 is 12.1 Å². The molecule has 0 fully saturated rings. The maximum Gasteiger partial charge on any atom is 0.305 e. The van der Waals surface area contributed by atoms with Crippen LogP contribution in [0.3, 0.4) is 0 Å². The lowest BCUT2D eigenvalue weighted by molar-refractivity contribution is -0.143. The summed E-state index contributed by atoms with van der Waals surface area (Å²) < 4.78 is 5.47. The Bertz CT molecular complexity index is 1330. The zero-order chi connectivity index (χ0) is 61.3. The van der Waals surface area contributed by atoms with Crippen LogP contribution < -0.4 is 5.32 Å². The average Bonchev–Trinajstić information content (AvgIpc) is 3.54. The summed E-state index contributed by atoms with van der Waals surface area (Å²) in [6, 6.07) is -0.625. The van der Waals surface area contributed by atoms with Crippen molar-refractivity contribution in [3.63, 3.8) is 0 Å². The van der Waals surface area contributed by atoms with Gasteiger partial charge in [-0.25, -0.2) is 0 Å². The molecule has 0 spiro atoms. The van der Waals surface area contributed by atoms with Crippen LogP contribution in [-0.2, 0) is 14.3 Å². The fraction of sp³-hybridized carbons (Fsp3) is 0.924. The first kappa shape index (κ1) is 83.3. The van der Waals surface area contributed by atoms with Crippen molar-refractivity contribution in [2.75, 3.05) is 13.2 Å². The summed E-state index contributed by atoms with van der Waals surface area (Å²) >= 11 is 0. The SMILES string of the molecule is CCCC/C=C\CCCCCCCC(=O)OCCCCCCCCCCCCCCCCCCCCCCCCCCCCCCCCCCCCCC(=O)NC(CO)C(O)/C=C/CCCCCCCCCCCCCCCCCCCCCC. The van der Waals surface area contributed by atoms with Gasteiger partial charge in [-0.2, -0.15) is 0 Å². The minimum Gasteiger partial charge on any atom is -0.466 e. The smallest absolute Gasteiger partial charge is 0.305 e. The van der Waals surface area contributed by atoms with E-state index in [1.807, 2.05) is 6.08 Å². The van der Waals surface area contributed by atoms with Gasteiger partial charge in [0.25, 0.3) is 0 Å². The summed E-state index contributed by atoms with van der Waals surface area (Å²) in [5.41, 5.74) is 0. The summed E-state index contributed by atoms with van der Waals surface area (Å²) in [4.78, 5) is 24.6. The van der Waals surface area contributed by atoms with Gasteiger partial charge in [-0.1, -0.05) is 404 Å². The second kappa shape index (κ2) is 74.8. The number of carbonyl (C=O) groups is 2. The highest BCUT2D eigenvalue weighted by atomic mass is 16.5. The second-order valence-corrected chi connectivity index (χ2v) is 27.0. The predicted molar refractivity (Wildman–Crippen MR) is 375 cm³/mol. The van der Waals surface area contributed by atoms with Gasteiger partial charge in [0.15, 0.2) is 0 Å². The van der Waals surface area contributed by atoms with E-state index in [-0.39, 0.29) is 18.5 Å². The number of carbonyl (C=O) groups excluding carboxylic acids is 2. The monoisotopic (exact) mass is 1200 g/mol. The van der Waals surface area contributed by atoms with Crippen molar-refractivity contribution in [2.45, 2.75) is 456 Å². The molecule has 0 aliphatic heterocycles. The van der Waals surface area contributed by atoms with Gasteiger partial charge in [-0.05, 0) is 51.4 Å². The highest BCUT2D eigenvalue weighted by molar-refractivity contribution is 5.76. The molecule has 0 radical (unpaired) electrons. The van der Waals surface area contributed by atoms with E-state index in [2.05, 4.69) is 31.3 Å². The Morgan fingerprint density at radius 1 is 0.318 bits per heavy atom. The van der Waals surface area contributed by atoms with Crippen molar-refractivity contribution in [3.05, 3.63) is 24.3 Å². The normalized spacial score (nSPS) is 12.6. The minimum atomic E-state index is -0.842. The number of rotatable bonds is 74. The van der Waals surface area contributed by atoms with Gasteiger partial charge in [-0.15, -0.1) is 0 Å². The van der Waals surface area contributed by atoms with Crippen molar-refractivity contribution in [2.24, 2.45) is 0 Å². The predicted octanol–water partition coefficient (Wildman–Crippen LogP) is 25.7. The summed E-state index contributed by atoms with van der Waals surface area (Å²) in [6.07, 6.45) is 95.9. The van der Waals surface area contributed by atoms with Crippen LogP contribution in [0.1, 0.15) is 444 Å². The highest BCUT2D eigenvalue weighted by Crippen LogP contribution is 2.20. The molecular formula is C79H153NO5. The lowest BCUT2D eigenvalue weighted by Crippen LogP contribution is -2.45. The number of aliphatic hydroxyl groups is 2. The summed E-state index contributed by atoms with van der Waals surface area (Å²) in [5, 5.41) is 23.3. The molecule has 0 heterocycles. The Labute approximate surface area is 532 Å². The Hall–Kier alpha value is -1.66. The van der Waals surface area contributed by atoms with Gasteiger partial charge in [0.05, 0.1) is 25.4 Å². The Morgan fingerprint density at radius 3 is 0.871 bits per heavy atom. The van der Waals surface area contributed by atoms with Crippen molar-refractivity contribution in [3.8, 4) is 0 Å². The van der Waals surface area contributed by atoms with Crippen LogP contribution in [-0.4, -0.2) is 47.4 Å². The first-order valence-corrected chi connectivity index (χ1v) is 39.1. The van der Waals surface area contributed by atoms with Crippen molar-refractivity contribution in [1.29, 1.82) is 0 Å². The van der Waals surface area contributed by atoms with Gasteiger partial charge in [0, 0.05) is 12.8 Å². The molecule has 0 rings (SSSR count). The van der Waals surface area contributed by atoms with Gasteiger partial charge < -0.3 is 20.3 Å². The lowest BCUT2D eigenvalue weighted by Gasteiger charge is -2.20. The highest BCUT2D eigenvalue weighted by Gasteiger charge is 2.18. The molecular weight excluding hydrogens is 1040 g/mol. The lowest BCUT2D eigenvalue weighted by atomic mass is 10.0. The number of hydrogen-bond donors (Lipinski definition) is 3. The molecule has 6 nitrogen and oxygen atoms in total. The van der Waals surface area contributed by atoms with Gasteiger partial charge in [0.2, 0.25) is 5.91 Å². The quantitative estimate of drug-likeness (QED) is 0.0320. The molecule has 3 N–H and O–H groups in total. The van der Waals surface area contributed by atoms with Gasteiger partial charge >= 0.3 is 5.97 Å². The molecule has 504 valence electrons. The van der Waals surface area contributed by atoms with Crippen LogP contribution in [0.5, 0.6) is 0 Å². The molecule has 2 atom stereocenters. The largest absolute Gasteiger partial charge is 0.466 e. The molecule has 1 amide bonds. The van der Waals surface area contributed by atoms with E-state index in [4.69, 9.17) is 4.74 Å². The number of allylic oxidation sites excluding steroid dienone is 3. The minimum absolute atomic E-state index is 0.0119. The molecule has 0 aromatic carbocycles. The Balaban J connectivity index is 3.34.